The van der Waals surface area contributed by atoms with Gasteiger partial charge in [-0.2, -0.15) is 0 Å². The highest BCUT2D eigenvalue weighted by molar-refractivity contribution is 9.13. The van der Waals surface area contributed by atoms with Gasteiger partial charge in [0.05, 0.1) is 11.0 Å². The van der Waals surface area contributed by atoms with Gasteiger partial charge in [0.1, 0.15) is 5.76 Å². The number of hydrogen-bond acceptors (Lipinski definition) is 2. The van der Waals surface area contributed by atoms with Crippen LogP contribution in [0.5, 0.6) is 0 Å². The lowest BCUT2D eigenvalue weighted by Crippen LogP contribution is -2.17. The average Bonchev–Trinajstić information content (AvgIpc) is 2.67. The molecule has 0 amide bonds. The van der Waals surface area contributed by atoms with E-state index in [0.717, 1.165) is 14.9 Å². The fourth-order valence-corrected chi connectivity index (χ4v) is 2.36. The fourth-order valence-electron chi connectivity index (χ4n) is 1.71. The maximum absolute atomic E-state index is 5.53. The van der Waals surface area contributed by atoms with E-state index in [9.17, 15) is 0 Å². The van der Waals surface area contributed by atoms with Gasteiger partial charge in [0.25, 0.3) is 0 Å². The van der Waals surface area contributed by atoms with Crippen LogP contribution >= 0.6 is 31.9 Å². The minimum atomic E-state index is 0.299. The molecule has 2 rings (SSSR count). The molecule has 0 saturated heterocycles. The first-order valence-electron chi connectivity index (χ1n) is 5.80. The molecule has 2 nitrogen and oxygen atoms in total. The Morgan fingerprint density at radius 2 is 1.89 bits per heavy atom. The summed E-state index contributed by atoms with van der Waals surface area (Å²) in [5.74, 6) is 0.910. The van der Waals surface area contributed by atoms with Crippen LogP contribution in [-0.4, -0.2) is 0 Å². The van der Waals surface area contributed by atoms with Crippen molar-refractivity contribution in [1.82, 2.24) is 5.32 Å². The van der Waals surface area contributed by atoms with Gasteiger partial charge in [-0.05, 0) is 57.3 Å². The number of furan rings is 1. The van der Waals surface area contributed by atoms with Gasteiger partial charge in [-0.1, -0.05) is 29.8 Å². The molecule has 0 radical (unpaired) electrons. The molecule has 0 unspecified atom stereocenters. The zero-order valence-electron chi connectivity index (χ0n) is 10.3. The van der Waals surface area contributed by atoms with E-state index in [0.29, 0.717) is 12.6 Å². The first-order chi connectivity index (χ1) is 8.56. The first-order valence-corrected chi connectivity index (χ1v) is 7.38. The summed E-state index contributed by atoms with van der Waals surface area (Å²) in [6, 6.07) is 10.8. The maximum atomic E-state index is 5.53. The molecular formula is C14H15Br2NO. The van der Waals surface area contributed by atoms with E-state index in [1.807, 2.05) is 6.07 Å². The van der Waals surface area contributed by atoms with Crippen LogP contribution in [0.25, 0.3) is 0 Å². The van der Waals surface area contributed by atoms with Crippen LogP contribution in [0.2, 0.25) is 0 Å². The molecule has 0 fully saturated rings. The second-order valence-electron chi connectivity index (χ2n) is 4.35. The summed E-state index contributed by atoms with van der Waals surface area (Å²) in [6.07, 6.45) is 0. The molecule has 0 saturated carbocycles. The third-order valence-electron chi connectivity index (χ3n) is 2.86. The second kappa shape index (κ2) is 6.04. The van der Waals surface area contributed by atoms with Crippen molar-refractivity contribution in [3.8, 4) is 0 Å². The van der Waals surface area contributed by atoms with Crippen molar-refractivity contribution in [2.75, 3.05) is 0 Å². The van der Waals surface area contributed by atoms with Crippen molar-refractivity contribution in [3.05, 3.63) is 56.4 Å². The summed E-state index contributed by atoms with van der Waals surface area (Å²) in [7, 11) is 0. The van der Waals surface area contributed by atoms with Crippen LogP contribution in [0.4, 0.5) is 0 Å². The van der Waals surface area contributed by atoms with Crippen LogP contribution in [0.1, 0.15) is 29.9 Å². The highest BCUT2D eigenvalue weighted by Gasteiger charge is 2.08. The molecule has 1 aromatic heterocycles. The zero-order valence-corrected chi connectivity index (χ0v) is 13.5. The highest BCUT2D eigenvalue weighted by Crippen LogP contribution is 2.27. The van der Waals surface area contributed by atoms with Gasteiger partial charge >= 0.3 is 0 Å². The Morgan fingerprint density at radius 1 is 1.22 bits per heavy atom. The second-order valence-corrected chi connectivity index (χ2v) is 5.92. The van der Waals surface area contributed by atoms with Crippen molar-refractivity contribution < 1.29 is 4.42 Å². The summed E-state index contributed by atoms with van der Waals surface area (Å²) in [5, 5.41) is 3.44. The van der Waals surface area contributed by atoms with Gasteiger partial charge in [0.2, 0.25) is 0 Å². The van der Waals surface area contributed by atoms with Gasteiger partial charge < -0.3 is 9.73 Å². The Kier molecular flexibility index (Phi) is 4.65. The Bertz CT molecular complexity index is 500. The highest BCUT2D eigenvalue weighted by atomic mass is 79.9. The molecule has 2 aromatic rings. The van der Waals surface area contributed by atoms with Crippen molar-refractivity contribution in [2.45, 2.75) is 26.4 Å². The molecule has 1 N–H and O–H groups in total. The van der Waals surface area contributed by atoms with Gasteiger partial charge in [-0.15, -0.1) is 0 Å². The molecule has 1 atom stereocenters. The summed E-state index contributed by atoms with van der Waals surface area (Å²) < 4.78 is 7.21. The van der Waals surface area contributed by atoms with E-state index in [2.05, 4.69) is 75.3 Å². The largest absolute Gasteiger partial charge is 0.452 e. The number of hydrogen-bond donors (Lipinski definition) is 1. The van der Waals surface area contributed by atoms with Gasteiger partial charge in [0, 0.05) is 6.04 Å². The summed E-state index contributed by atoms with van der Waals surface area (Å²) in [4.78, 5) is 0. The Balaban J connectivity index is 1.95. The summed E-state index contributed by atoms with van der Waals surface area (Å²) in [5.41, 5.74) is 2.56. The quantitative estimate of drug-likeness (QED) is 0.820. The SMILES string of the molecule is Cc1ccc([C@H](C)NCc2cc(Br)c(Br)o2)cc1. The topological polar surface area (TPSA) is 25.2 Å². The molecule has 0 aliphatic rings. The molecule has 1 aromatic carbocycles. The Hall–Kier alpha value is -0.580. The Labute approximate surface area is 124 Å². The van der Waals surface area contributed by atoms with Crippen LogP contribution in [0, 0.1) is 6.92 Å². The fraction of sp³-hybridized carbons (Fsp3) is 0.286. The summed E-state index contributed by atoms with van der Waals surface area (Å²) >= 11 is 6.74. The van der Waals surface area contributed by atoms with Gasteiger partial charge in [0.15, 0.2) is 4.67 Å². The first kappa shape index (κ1) is 13.8. The van der Waals surface area contributed by atoms with Crippen LogP contribution < -0.4 is 5.32 Å². The number of rotatable bonds is 4. The van der Waals surface area contributed by atoms with Crippen LogP contribution in [-0.2, 0) is 6.54 Å². The van der Waals surface area contributed by atoms with E-state index in [1.165, 1.54) is 11.1 Å². The van der Waals surface area contributed by atoms with Crippen molar-refractivity contribution in [2.24, 2.45) is 0 Å². The van der Waals surface area contributed by atoms with Crippen molar-refractivity contribution in [3.63, 3.8) is 0 Å². The van der Waals surface area contributed by atoms with E-state index in [4.69, 9.17) is 4.42 Å². The molecule has 1 heterocycles. The van der Waals surface area contributed by atoms with Crippen LogP contribution in [0.3, 0.4) is 0 Å². The molecule has 96 valence electrons. The van der Waals surface area contributed by atoms with E-state index in [1.54, 1.807) is 0 Å². The van der Waals surface area contributed by atoms with E-state index >= 15 is 0 Å². The molecular weight excluding hydrogens is 358 g/mol. The van der Waals surface area contributed by atoms with Crippen molar-refractivity contribution >= 4 is 31.9 Å². The van der Waals surface area contributed by atoms with E-state index in [-0.39, 0.29) is 0 Å². The minimum Gasteiger partial charge on any atom is -0.452 e. The molecule has 0 spiro atoms. The van der Waals surface area contributed by atoms with Gasteiger partial charge in [-0.3, -0.25) is 0 Å². The lowest BCUT2D eigenvalue weighted by molar-refractivity contribution is 0.446. The van der Waals surface area contributed by atoms with Gasteiger partial charge in [-0.25, -0.2) is 0 Å². The minimum absolute atomic E-state index is 0.299. The third kappa shape index (κ3) is 3.46. The summed E-state index contributed by atoms with van der Waals surface area (Å²) in [6.45, 7) is 4.96. The number of nitrogens with one attached hydrogen (secondary N) is 1. The maximum Gasteiger partial charge on any atom is 0.183 e. The number of benzene rings is 1. The monoisotopic (exact) mass is 371 g/mol. The van der Waals surface area contributed by atoms with E-state index < -0.39 is 0 Å². The predicted molar refractivity (Wildman–Crippen MR) is 80.5 cm³/mol. The normalized spacial score (nSPS) is 12.7. The standard InChI is InChI=1S/C14H15Br2NO/c1-9-3-5-11(6-4-9)10(2)17-8-12-7-13(15)14(16)18-12/h3-7,10,17H,8H2,1-2H3/t10-/m0/s1. The molecule has 0 aliphatic heterocycles. The predicted octanol–water partition coefficient (Wildman–Crippen LogP) is 4.96. The third-order valence-corrected chi connectivity index (χ3v) is 4.57. The lowest BCUT2D eigenvalue weighted by atomic mass is 10.1. The van der Waals surface area contributed by atoms with Crippen LogP contribution in [0.15, 0.2) is 43.9 Å². The smallest absolute Gasteiger partial charge is 0.183 e. The number of halogens is 2. The lowest BCUT2D eigenvalue weighted by Gasteiger charge is -2.13. The Morgan fingerprint density at radius 3 is 2.44 bits per heavy atom. The average molecular weight is 373 g/mol. The van der Waals surface area contributed by atoms with Crippen molar-refractivity contribution in [1.29, 1.82) is 0 Å². The molecule has 0 bridgehead atoms. The number of aryl methyl sites for hydroxylation is 1. The molecule has 18 heavy (non-hydrogen) atoms. The molecule has 0 aliphatic carbocycles. The molecule has 4 heteroatoms. The zero-order chi connectivity index (χ0) is 13.1.